The van der Waals surface area contributed by atoms with E-state index in [0.717, 1.165) is 17.9 Å². The lowest BCUT2D eigenvalue weighted by molar-refractivity contribution is 0.850. The third kappa shape index (κ3) is 2.28. The van der Waals surface area contributed by atoms with E-state index in [2.05, 4.69) is 65.6 Å². The van der Waals surface area contributed by atoms with Crippen LogP contribution in [0.1, 0.15) is 16.0 Å². The summed E-state index contributed by atoms with van der Waals surface area (Å²) in [5.74, 6) is 1.07. The number of imidazole rings is 1. The minimum atomic E-state index is 0.879. The van der Waals surface area contributed by atoms with E-state index in [1.165, 1.54) is 26.4 Å². The fourth-order valence-electron chi connectivity index (χ4n) is 2.69. The summed E-state index contributed by atoms with van der Waals surface area (Å²) in [6.07, 6.45) is 0. The monoisotopic (exact) mass is 324 g/mol. The molecular weight excluding hydrogens is 308 g/mol. The van der Waals surface area contributed by atoms with Gasteiger partial charge in [-0.2, -0.15) is 0 Å². The average molecular weight is 324 g/mol. The molecule has 2 nitrogen and oxygen atoms in total. The van der Waals surface area contributed by atoms with Crippen molar-refractivity contribution in [3.63, 3.8) is 0 Å². The lowest BCUT2D eigenvalue weighted by atomic mass is 10.1. The molecule has 0 saturated carbocycles. The van der Waals surface area contributed by atoms with Gasteiger partial charge >= 0.3 is 0 Å². The molecule has 0 atom stereocenters. The Balaban J connectivity index is 1.96. The molecule has 0 amide bonds. The fraction of sp³-hybridized carbons (Fsp3) is 0.167. The summed E-state index contributed by atoms with van der Waals surface area (Å²) >= 11 is 3.54. The Labute approximate surface area is 137 Å². The molecule has 0 spiro atoms. The third-order valence-electron chi connectivity index (χ3n) is 4.00. The number of nitrogens with zero attached hydrogens (tertiary/aromatic N) is 2. The second kappa shape index (κ2) is 5.38. The number of rotatable bonds is 3. The van der Waals surface area contributed by atoms with Crippen molar-refractivity contribution in [3.8, 4) is 10.7 Å². The molecule has 4 heteroatoms. The van der Waals surface area contributed by atoms with E-state index < -0.39 is 0 Å². The zero-order valence-corrected chi connectivity index (χ0v) is 14.2. The van der Waals surface area contributed by atoms with Crippen molar-refractivity contribution >= 4 is 33.7 Å². The quantitative estimate of drug-likeness (QED) is 0.487. The Morgan fingerprint density at radius 3 is 2.50 bits per heavy atom. The van der Waals surface area contributed by atoms with Crippen LogP contribution in [0.5, 0.6) is 0 Å². The number of aryl methyl sites for hydroxylation is 2. The Hall–Kier alpha value is -1.91. The maximum absolute atomic E-state index is 4.92. The molecule has 0 aliphatic carbocycles. The summed E-state index contributed by atoms with van der Waals surface area (Å²) in [7, 11) is 0. The molecule has 0 unspecified atom stereocenters. The molecule has 1 aromatic carbocycles. The third-order valence-corrected chi connectivity index (χ3v) is 5.73. The second-order valence-electron chi connectivity index (χ2n) is 5.50. The van der Waals surface area contributed by atoms with Crippen LogP contribution in [0.25, 0.3) is 21.7 Å². The molecule has 3 heterocycles. The highest BCUT2D eigenvalue weighted by Crippen LogP contribution is 2.30. The van der Waals surface area contributed by atoms with Crippen LogP contribution in [0.4, 0.5) is 0 Å². The zero-order chi connectivity index (χ0) is 15.1. The summed E-state index contributed by atoms with van der Waals surface area (Å²) in [5.41, 5.74) is 4.92. The number of hydrogen-bond acceptors (Lipinski definition) is 3. The van der Waals surface area contributed by atoms with E-state index in [-0.39, 0.29) is 0 Å². The van der Waals surface area contributed by atoms with Gasteiger partial charge in [0.2, 0.25) is 0 Å². The van der Waals surface area contributed by atoms with Gasteiger partial charge < -0.3 is 4.57 Å². The number of hydrogen-bond donors (Lipinski definition) is 0. The van der Waals surface area contributed by atoms with Crippen LogP contribution in [-0.2, 0) is 6.54 Å². The largest absolute Gasteiger partial charge is 0.318 e. The standard InChI is InChI=1S/C18H16N2S2/c1-12-9-15-16(10-13(12)2)20(11-14-5-3-7-21-14)18(19-15)17-6-4-8-22-17/h3-10H,11H2,1-2H3. The minimum absolute atomic E-state index is 0.879. The first kappa shape index (κ1) is 13.7. The van der Waals surface area contributed by atoms with E-state index in [9.17, 15) is 0 Å². The van der Waals surface area contributed by atoms with E-state index in [0.29, 0.717) is 0 Å². The Bertz CT molecular complexity index is 916. The van der Waals surface area contributed by atoms with Gasteiger partial charge in [0.05, 0.1) is 22.5 Å². The van der Waals surface area contributed by atoms with Gasteiger partial charge in [0.1, 0.15) is 0 Å². The second-order valence-corrected chi connectivity index (χ2v) is 7.48. The van der Waals surface area contributed by atoms with Crippen LogP contribution < -0.4 is 0 Å². The van der Waals surface area contributed by atoms with Crippen LogP contribution in [0.3, 0.4) is 0 Å². The van der Waals surface area contributed by atoms with Gasteiger partial charge in [0.15, 0.2) is 5.82 Å². The molecule has 110 valence electrons. The average Bonchev–Trinajstić information content (AvgIpc) is 3.22. The molecule has 0 fully saturated rings. The summed E-state index contributed by atoms with van der Waals surface area (Å²) < 4.78 is 2.35. The van der Waals surface area contributed by atoms with Gasteiger partial charge in [0.25, 0.3) is 0 Å². The molecule has 0 aliphatic rings. The predicted octanol–water partition coefficient (Wildman–Crippen LogP) is 5.49. The predicted molar refractivity (Wildman–Crippen MR) is 95.9 cm³/mol. The van der Waals surface area contributed by atoms with Crippen LogP contribution in [0.15, 0.2) is 47.2 Å². The Morgan fingerprint density at radius 1 is 1.00 bits per heavy atom. The van der Waals surface area contributed by atoms with E-state index in [4.69, 9.17) is 4.98 Å². The van der Waals surface area contributed by atoms with Crippen molar-refractivity contribution in [1.82, 2.24) is 9.55 Å². The van der Waals surface area contributed by atoms with Crippen LogP contribution in [0, 0.1) is 13.8 Å². The number of aromatic nitrogens is 2. The van der Waals surface area contributed by atoms with Gasteiger partial charge in [-0.3, -0.25) is 0 Å². The van der Waals surface area contributed by atoms with Crippen LogP contribution >= 0.6 is 22.7 Å². The zero-order valence-electron chi connectivity index (χ0n) is 12.5. The molecule has 22 heavy (non-hydrogen) atoms. The van der Waals surface area contributed by atoms with Crippen molar-refractivity contribution in [2.75, 3.05) is 0 Å². The van der Waals surface area contributed by atoms with Gasteiger partial charge in [0, 0.05) is 4.88 Å². The summed E-state index contributed by atoms with van der Waals surface area (Å²) in [6.45, 7) is 5.20. The molecule has 0 aliphatic heterocycles. The van der Waals surface area contributed by atoms with Crippen molar-refractivity contribution < 1.29 is 0 Å². The molecule has 0 N–H and O–H groups in total. The highest BCUT2D eigenvalue weighted by atomic mass is 32.1. The van der Waals surface area contributed by atoms with Crippen LogP contribution in [-0.4, -0.2) is 9.55 Å². The van der Waals surface area contributed by atoms with Crippen molar-refractivity contribution in [2.45, 2.75) is 20.4 Å². The summed E-state index contributed by atoms with van der Waals surface area (Å²) in [6, 6.07) is 13.0. The van der Waals surface area contributed by atoms with Gasteiger partial charge in [-0.25, -0.2) is 4.98 Å². The SMILES string of the molecule is Cc1cc2nc(-c3cccs3)n(Cc3cccs3)c2cc1C. The molecule has 0 radical (unpaired) electrons. The van der Waals surface area contributed by atoms with E-state index in [1.807, 2.05) is 0 Å². The maximum Gasteiger partial charge on any atom is 0.151 e. The Kier molecular flexibility index (Phi) is 3.36. The number of fused-ring (bicyclic) bond motifs is 1. The van der Waals surface area contributed by atoms with Gasteiger partial charge in [-0.15, -0.1) is 22.7 Å². The van der Waals surface area contributed by atoms with E-state index >= 15 is 0 Å². The molecule has 4 aromatic rings. The first-order valence-electron chi connectivity index (χ1n) is 7.26. The van der Waals surface area contributed by atoms with E-state index in [1.54, 1.807) is 22.7 Å². The van der Waals surface area contributed by atoms with Gasteiger partial charge in [-0.1, -0.05) is 12.1 Å². The number of thiophene rings is 2. The first-order chi connectivity index (χ1) is 10.7. The molecule has 4 rings (SSSR count). The van der Waals surface area contributed by atoms with Crippen molar-refractivity contribution in [3.05, 3.63) is 63.2 Å². The molecule has 3 aromatic heterocycles. The fourth-order valence-corrected chi connectivity index (χ4v) is 4.11. The lowest BCUT2D eigenvalue weighted by Crippen LogP contribution is -2.00. The van der Waals surface area contributed by atoms with Crippen molar-refractivity contribution in [1.29, 1.82) is 0 Å². The number of benzene rings is 1. The van der Waals surface area contributed by atoms with Crippen molar-refractivity contribution in [2.24, 2.45) is 0 Å². The Morgan fingerprint density at radius 2 is 1.77 bits per heavy atom. The first-order valence-corrected chi connectivity index (χ1v) is 9.02. The maximum atomic E-state index is 4.92. The topological polar surface area (TPSA) is 17.8 Å². The molecule has 0 saturated heterocycles. The normalized spacial score (nSPS) is 11.4. The highest BCUT2D eigenvalue weighted by Gasteiger charge is 2.15. The smallest absolute Gasteiger partial charge is 0.151 e. The molecule has 0 bridgehead atoms. The minimum Gasteiger partial charge on any atom is -0.318 e. The van der Waals surface area contributed by atoms with Gasteiger partial charge in [-0.05, 0) is 60.0 Å². The summed E-state index contributed by atoms with van der Waals surface area (Å²) in [5, 5.41) is 4.25. The summed E-state index contributed by atoms with van der Waals surface area (Å²) in [4.78, 5) is 7.50. The lowest BCUT2D eigenvalue weighted by Gasteiger charge is -2.08. The molecular formula is C18H16N2S2. The van der Waals surface area contributed by atoms with Crippen LogP contribution in [0.2, 0.25) is 0 Å². The highest BCUT2D eigenvalue weighted by molar-refractivity contribution is 7.13.